The summed E-state index contributed by atoms with van der Waals surface area (Å²) in [6.07, 6.45) is 1.37. The van der Waals surface area contributed by atoms with E-state index in [0.717, 1.165) is 4.47 Å². The fourth-order valence-electron chi connectivity index (χ4n) is 1.31. The van der Waals surface area contributed by atoms with Crippen LogP contribution < -0.4 is 0 Å². The van der Waals surface area contributed by atoms with E-state index >= 15 is 0 Å². The molecule has 1 aromatic carbocycles. The van der Waals surface area contributed by atoms with E-state index in [1.807, 2.05) is 0 Å². The highest BCUT2D eigenvalue weighted by atomic mass is 79.9. The Kier molecular flexibility index (Phi) is 2.68. The number of nitrogens with zero attached hydrogens (tertiary/aromatic N) is 1. The van der Waals surface area contributed by atoms with Crippen LogP contribution in [0.15, 0.2) is 41.0 Å². The van der Waals surface area contributed by atoms with Gasteiger partial charge >= 0.3 is 0 Å². The lowest BCUT2D eigenvalue weighted by Crippen LogP contribution is -1.88. The molecule has 0 saturated carbocycles. The zero-order valence-corrected chi connectivity index (χ0v) is 9.20. The first-order chi connectivity index (χ1) is 7.18. The van der Waals surface area contributed by atoms with Gasteiger partial charge in [-0.2, -0.15) is 4.39 Å². The van der Waals surface area contributed by atoms with E-state index in [0.29, 0.717) is 5.56 Å². The second-order valence-corrected chi connectivity index (χ2v) is 3.92. The number of aromatic hydroxyl groups is 1. The molecular formula is C11H7BrFNO. The van der Waals surface area contributed by atoms with E-state index in [-0.39, 0.29) is 11.3 Å². The van der Waals surface area contributed by atoms with Crippen molar-refractivity contribution in [3.8, 4) is 16.9 Å². The molecule has 1 N–H and O–H groups in total. The van der Waals surface area contributed by atoms with Crippen LogP contribution in [0.3, 0.4) is 0 Å². The van der Waals surface area contributed by atoms with Gasteiger partial charge in [0.1, 0.15) is 5.75 Å². The van der Waals surface area contributed by atoms with Gasteiger partial charge in [-0.3, -0.25) is 0 Å². The normalized spacial score (nSPS) is 10.3. The number of rotatable bonds is 1. The van der Waals surface area contributed by atoms with Crippen molar-refractivity contribution in [1.29, 1.82) is 0 Å². The zero-order chi connectivity index (χ0) is 10.8. The van der Waals surface area contributed by atoms with Crippen molar-refractivity contribution in [2.24, 2.45) is 0 Å². The molecule has 0 spiro atoms. The summed E-state index contributed by atoms with van der Waals surface area (Å²) in [5.74, 6) is -0.559. The van der Waals surface area contributed by atoms with Gasteiger partial charge in [0.15, 0.2) is 0 Å². The van der Waals surface area contributed by atoms with Crippen molar-refractivity contribution in [3.63, 3.8) is 0 Å². The van der Waals surface area contributed by atoms with Gasteiger partial charge in [-0.15, -0.1) is 0 Å². The predicted octanol–water partition coefficient (Wildman–Crippen LogP) is 3.36. The third-order valence-electron chi connectivity index (χ3n) is 2.01. The Bertz CT molecular complexity index is 502. The largest absolute Gasteiger partial charge is 0.507 e. The number of aromatic nitrogens is 1. The van der Waals surface area contributed by atoms with E-state index in [1.54, 1.807) is 24.3 Å². The Morgan fingerprint density at radius 1 is 1.20 bits per heavy atom. The highest BCUT2D eigenvalue weighted by molar-refractivity contribution is 9.10. The van der Waals surface area contributed by atoms with Gasteiger partial charge in [0.2, 0.25) is 5.95 Å². The lowest BCUT2D eigenvalue weighted by atomic mass is 10.1. The molecule has 15 heavy (non-hydrogen) atoms. The second-order valence-electron chi connectivity index (χ2n) is 3.00. The average Bonchev–Trinajstić information content (AvgIpc) is 2.23. The summed E-state index contributed by atoms with van der Waals surface area (Å²) >= 11 is 3.26. The standard InChI is InChI=1S/C11H7BrFNO/c12-7-3-4-10(15)9(6-7)8-2-1-5-14-11(8)13/h1-6,15H. The van der Waals surface area contributed by atoms with Crippen LogP contribution in [0.25, 0.3) is 11.1 Å². The van der Waals surface area contributed by atoms with E-state index in [9.17, 15) is 9.50 Å². The number of hydrogen-bond donors (Lipinski definition) is 1. The number of benzene rings is 1. The van der Waals surface area contributed by atoms with E-state index < -0.39 is 5.95 Å². The summed E-state index contributed by atoms with van der Waals surface area (Å²) in [4.78, 5) is 3.53. The number of phenols is 1. The van der Waals surface area contributed by atoms with Crippen LogP contribution in [-0.2, 0) is 0 Å². The maximum atomic E-state index is 13.3. The van der Waals surface area contributed by atoms with Crippen LogP contribution in [0.2, 0.25) is 0 Å². The van der Waals surface area contributed by atoms with Gasteiger partial charge in [0, 0.05) is 21.8 Å². The molecular weight excluding hydrogens is 261 g/mol. The molecule has 1 aromatic heterocycles. The van der Waals surface area contributed by atoms with Crippen LogP contribution in [0, 0.1) is 5.95 Å². The first-order valence-electron chi connectivity index (χ1n) is 4.28. The van der Waals surface area contributed by atoms with Gasteiger partial charge in [0.25, 0.3) is 0 Å². The molecule has 0 atom stereocenters. The minimum absolute atomic E-state index is 0.0325. The van der Waals surface area contributed by atoms with Crippen molar-refractivity contribution in [2.45, 2.75) is 0 Å². The number of phenolic OH excluding ortho intramolecular Hbond substituents is 1. The average molecular weight is 268 g/mol. The highest BCUT2D eigenvalue weighted by Gasteiger charge is 2.09. The molecule has 0 aliphatic carbocycles. The smallest absolute Gasteiger partial charge is 0.220 e. The summed E-state index contributed by atoms with van der Waals surface area (Å²) in [7, 11) is 0. The van der Waals surface area contributed by atoms with Gasteiger partial charge in [0.05, 0.1) is 0 Å². The van der Waals surface area contributed by atoms with Gasteiger partial charge in [-0.05, 0) is 30.3 Å². The van der Waals surface area contributed by atoms with Gasteiger partial charge in [-0.25, -0.2) is 4.98 Å². The Hall–Kier alpha value is -1.42. The van der Waals surface area contributed by atoms with Crippen molar-refractivity contribution in [3.05, 3.63) is 46.9 Å². The molecule has 4 heteroatoms. The lowest BCUT2D eigenvalue weighted by molar-refractivity contribution is 0.476. The molecule has 0 amide bonds. The Labute approximate surface area is 94.5 Å². The molecule has 76 valence electrons. The predicted molar refractivity (Wildman–Crippen MR) is 59.0 cm³/mol. The second kappa shape index (κ2) is 3.98. The molecule has 0 aliphatic heterocycles. The maximum absolute atomic E-state index is 13.3. The molecule has 2 rings (SSSR count). The molecule has 0 fully saturated rings. The van der Waals surface area contributed by atoms with Crippen molar-refractivity contribution in [2.75, 3.05) is 0 Å². The summed E-state index contributed by atoms with van der Waals surface area (Å²) in [6.45, 7) is 0. The first-order valence-corrected chi connectivity index (χ1v) is 5.07. The van der Waals surface area contributed by atoms with Crippen LogP contribution in [0.5, 0.6) is 5.75 Å². The molecule has 0 aliphatic rings. The molecule has 0 bridgehead atoms. The van der Waals surface area contributed by atoms with Gasteiger partial charge < -0.3 is 5.11 Å². The fraction of sp³-hybridized carbons (Fsp3) is 0. The zero-order valence-electron chi connectivity index (χ0n) is 7.61. The molecule has 0 unspecified atom stereocenters. The molecule has 0 radical (unpaired) electrons. The highest BCUT2D eigenvalue weighted by Crippen LogP contribution is 2.32. The summed E-state index contributed by atoms with van der Waals surface area (Å²) < 4.78 is 14.1. The van der Waals surface area contributed by atoms with Crippen LogP contribution >= 0.6 is 15.9 Å². The Morgan fingerprint density at radius 3 is 2.73 bits per heavy atom. The SMILES string of the molecule is Oc1ccc(Br)cc1-c1cccnc1F. The van der Waals surface area contributed by atoms with Crippen molar-refractivity contribution >= 4 is 15.9 Å². The number of pyridine rings is 1. The molecule has 1 heterocycles. The van der Waals surface area contributed by atoms with Crippen LogP contribution in [-0.4, -0.2) is 10.1 Å². The van der Waals surface area contributed by atoms with Crippen molar-refractivity contribution in [1.82, 2.24) is 4.98 Å². The third kappa shape index (κ3) is 1.99. The first kappa shape index (κ1) is 10.1. The minimum atomic E-state index is -0.592. The molecule has 2 nitrogen and oxygen atoms in total. The van der Waals surface area contributed by atoms with Gasteiger partial charge in [-0.1, -0.05) is 15.9 Å². The third-order valence-corrected chi connectivity index (χ3v) is 2.50. The van der Waals surface area contributed by atoms with Crippen molar-refractivity contribution < 1.29 is 9.50 Å². The quantitative estimate of drug-likeness (QED) is 0.804. The maximum Gasteiger partial charge on any atom is 0.220 e. The minimum Gasteiger partial charge on any atom is -0.507 e. The molecule has 0 saturated heterocycles. The Balaban J connectivity index is 2.64. The van der Waals surface area contributed by atoms with Crippen LogP contribution in [0.4, 0.5) is 4.39 Å². The Morgan fingerprint density at radius 2 is 2.00 bits per heavy atom. The molecule has 2 aromatic rings. The number of hydrogen-bond acceptors (Lipinski definition) is 2. The summed E-state index contributed by atoms with van der Waals surface area (Å²) in [5, 5.41) is 9.60. The van der Waals surface area contributed by atoms with E-state index in [4.69, 9.17) is 0 Å². The van der Waals surface area contributed by atoms with E-state index in [1.165, 1.54) is 12.3 Å². The fourth-order valence-corrected chi connectivity index (χ4v) is 1.67. The summed E-state index contributed by atoms with van der Waals surface area (Å²) in [5.41, 5.74) is 0.714. The topological polar surface area (TPSA) is 33.1 Å². The summed E-state index contributed by atoms with van der Waals surface area (Å²) in [6, 6.07) is 8.04. The van der Waals surface area contributed by atoms with E-state index in [2.05, 4.69) is 20.9 Å². The number of halogens is 2. The monoisotopic (exact) mass is 267 g/mol. The lowest BCUT2D eigenvalue weighted by Gasteiger charge is -2.05. The van der Waals surface area contributed by atoms with Crippen LogP contribution in [0.1, 0.15) is 0 Å².